The second-order valence-electron chi connectivity index (χ2n) is 5.95. The zero-order valence-corrected chi connectivity index (χ0v) is 17.0. The smallest absolute Gasteiger partial charge is 0.340 e. The molecule has 0 aliphatic carbocycles. The van der Waals surface area contributed by atoms with Gasteiger partial charge >= 0.3 is 11.9 Å². The van der Waals surface area contributed by atoms with Crippen LogP contribution < -0.4 is 10.9 Å². The Morgan fingerprint density at radius 2 is 1.69 bits per heavy atom. The summed E-state index contributed by atoms with van der Waals surface area (Å²) in [6.45, 7) is 4.68. The van der Waals surface area contributed by atoms with Gasteiger partial charge in [-0.15, -0.1) is 0 Å². The Kier molecular flexibility index (Phi) is 7.55. The van der Waals surface area contributed by atoms with E-state index in [0.29, 0.717) is 10.6 Å². The highest BCUT2D eigenvalue weighted by atomic mass is 35.5. The maximum atomic E-state index is 12.8. The summed E-state index contributed by atoms with van der Waals surface area (Å²) < 4.78 is 10.1. The number of carbonyl (C=O) groups excluding carboxylic acids is 3. The summed E-state index contributed by atoms with van der Waals surface area (Å²) in [6, 6.07) is 6.42. The van der Waals surface area contributed by atoms with E-state index in [1.807, 2.05) is 0 Å². The molecule has 1 aromatic carbocycles. The van der Waals surface area contributed by atoms with E-state index in [9.17, 15) is 19.2 Å². The maximum Gasteiger partial charge on any atom is 0.340 e. The van der Waals surface area contributed by atoms with Gasteiger partial charge in [-0.2, -0.15) is 0 Å². The molecule has 0 fully saturated rings. The standard InChI is InChI=1S/C20H21ClN2O6/c1-4-28-15(25)10-14-16(20(27)29-5-2)17(12-6-8-13(21)9-7-12)23-19(26)18(14)22-11(3)24/h6-9H,4-5,10H2,1-3H3,(H,22,24)(H,23,26). The number of aromatic nitrogens is 1. The molecule has 0 spiro atoms. The zero-order chi connectivity index (χ0) is 21.6. The summed E-state index contributed by atoms with van der Waals surface area (Å²) in [4.78, 5) is 51.9. The third-order valence-corrected chi connectivity index (χ3v) is 4.11. The molecule has 0 bridgehead atoms. The van der Waals surface area contributed by atoms with Crippen molar-refractivity contribution in [2.24, 2.45) is 0 Å². The minimum absolute atomic E-state index is 0.0193. The fourth-order valence-electron chi connectivity index (χ4n) is 2.75. The molecule has 29 heavy (non-hydrogen) atoms. The predicted molar refractivity (Wildman–Crippen MR) is 108 cm³/mol. The monoisotopic (exact) mass is 420 g/mol. The Morgan fingerprint density at radius 1 is 1.07 bits per heavy atom. The van der Waals surface area contributed by atoms with E-state index in [1.54, 1.807) is 38.1 Å². The van der Waals surface area contributed by atoms with E-state index < -0.39 is 29.8 Å². The average Bonchev–Trinajstić information content (AvgIpc) is 2.65. The minimum atomic E-state index is -0.750. The number of pyridine rings is 1. The van der Waals surface area contributed by atoms with Crippen molar-refractivity contribution in [2.75, 3.05) is 18.5 Å². The van der Waals surface area contributed by atoms with Crippen LogP contribution in [0.15, 0.2) is 29.1 Å². The van der Waals surface area contributed by atoms with Crippen LogP contribution in [0.3, 0.4) is 0 Å². The first-order valence-electron chi connectivity index (χ1n) is 8.93. The Labute approximate surface area is 172 Å². The van der Waals surface area contributed by atoms with E-state index in [0.717, 1.165) is 0 Å². The normalized spacial score (nSPS) is 10.3. The second kappa shape index (κ2) is 9.88. The van der Waals surface area contributed by atoms with Crippen molar-refractivity contribution in [2.45, 2.75) is 27.2 Å². The Hall–Kier alpha value is -3.13. The number of H-pyrrole nitrogens is 1. The van der Waals surface area contributed by atoms with E-state index >= 15 is 0 Å². The third-order valence-electron chi connectivity index (χ3n) is 3.86. The Balaban J connectivity index is 2.82. The highest BCUT2D eigenvalue weighted by Gasteiger charge is 2.27. The summed E-state index contributed by atoms with van der Waals surface area (Å²) in [5, 5.41) is 2.86. The van der Waals surface area contributed by atoms with Gasteiger partial charge in [-0.1, -0.05) is 23.7 Å². The number of aromatic amines is 1. The molecule has 0 unspecified atom stereocenters. The number of carbonyl (C=O) groups is 3. The first kappa shape index (κ1) is 22.2. The molecule has 2 aromatic rings. The number of rotatable bonds is 7. The molecule has 0 aliphatic rings. The van der Waals surface area contributed by atoms with Crippen molar-refractivity contribution in [1.82, 2.24) is 4.98 Å². The lowest BCUT2D eigenvalue weighted by Crippen LogP contribution is -2.26. The lowest BCUT2D eigenvalue weighted by Gasteiger charge is -2.17. The Bertz CT molecular complexity index is 982. The number of esters is 2. The summed E-state index contributed by atoms with van der Waals surface area (Å²) in [5.74, 6) is -1.94. The number of anilines is 1. The van der Waals surface area contributed by atoms with E-state index in [1.165, 1.54) is 6.92 Å². The van der Waals surface area contributed by atoms with Crippen molar-refractivity contribution in [3.8, 4) is 11.3 Å². The van der Waals surface area contributed by atoms with Gasteiger partial charge in [-0.05, 0) is 31.5 Å². The lowest BCUT2D eigenvalue weighted by molar-refractivity contribution is -0.142. The van der Waals surface area contributed by atoms with Crippen LogP contribution in [0.5, 0.6) is 0 Å². The van der Waals surface area contributed by atoms with Crippen LogP contribution in [0.2, 0.25) is 5.02 Å². The number of benzene rings is 1. The largest absolute Gasteiger partial charge is 0.466 e. The molecule has 1 amide bonds. The van der Waals surface area contributed by atoms with Crippen molar-refractivity contribution < 1.29 is 23.9 Å². The summed E-state index contributed by atoms with van der Waals surface area (Å²) in [6.07, 6.45) is -0.401. The van der Waals surface area contributed by atoms with Crippen LogP contribution in [0.1, 0.15) is 36.7 Å². The van der Waals surface area contributed by atoms with Crippen molar-refractivity contribution >= 4 is 35.1 Å². The quantitative estimate of drug-likeness (QED) is 0.665. The van der Waals surface area contributed by atoms with Crippen LogP contribution >= 0.6 is 11.6 Å². The van der Waals surface area contributed by atoms with Gasteiger partial charge in [0.05, 0.1) is 30.9 Å². The molecule has 8 nitrogen and oxygen atoms in total. The van der Waals surface area contributed by atoms with Crippen LogP contribution in [0.4, 0.5) is 5.69 Å². The van der Waals surface area contributed by atoms with Gasteiger partial charge in [0.2, 0.25) is 5.91 Å². The Morgan fingerprint density at radius 3 is 2.24 bits per heavy atom. The van der Waals surface area contributed by atoms with Gasteiger partial charge in [-0.3, -0.25) is 14.4 Å². The number of amides is 1. The molecule has 0 atom stereocenters. The van der Waals surface area contributed by atoms with Crippen molar-refractivity contribution in [3.63, 3.8) is 0 Å². The van der Waals surface area contributed by atoms with E-state index in [-0.39, 0.29) is 35.7 Å². The van der Waals surface area contributed by atoms with Gasteiger partial charge in [0, 0.05) is 17.5 Å². The van der Waals surface area contributed by atoms with Crippen LogP contribution in [-0.4, -0.2) is 36.0 Å². The van der Waals surface area contributed by atoms with Crippen LogP contribution in [0, 0.1) is 0 Å². The first-order chi connectivity index (χ1) is 13.8. The summed E-state index contributed by atoms with van der Waals surface area (Å²) in [5.41, 5.74) is -0.257. The lowest BCUT2D eigenvalue weighted by atomic mass is 9.97. The zero-order valence-electron chi connectivity index (χ0n) is 16.3. The maximum absolute atomic E-state index is 12.8. The summed E-state index contributed by atoms with van der Waals surface area (Å²) >= 11 is 5.93. The summed E-state index contributed by atoms with van der Waals surface area (Å²) in [7, 11) is 0. The molecule has 0 saturated carbocycles. The molecule has 1 aromatic heterocycles. The molecule has 0 saturated heterocycles. The van der Waals surface area contributed by atoms with E-state index in [2.05, 4.69) is 10.3 Å². The van der Waals surface area contributed by atoms with Gasteiger partial charge in [0.25, 0.3) is 5.56 Å². The number of hydrogen-bond acceptors (Lipinski definition) is 6. The average molecular weight is 421 g/mol. The van der Waals surface area contributed by atoms with Gasteiger partial charge in [0.1, 0.15) is 5.69 Å². The molecule has 0 radical (unpaired) electrons. The van der Waals surface area contributed by atoms with Gasteiger partial charge < -0.3 is 19.8 Å². The molecular formula is C20H21ClN2O6. The molecule has 2 rings (SSSR count). The van der Waals surface area contributed by atoms with Gasteiger partial charge in [-0.25, -0.2) is 4.79 Å². The number of hydrogen-bond donors (Lipinski definition) is 2. The second-order valence-corrected chi connectivity index (χ2v) is 6.38. The molecule has 1 heterocycles. The molecule has 0 aliphatic heterocycles. The van der Waals surface area contributed by atoms with E-state index in [4.69, 9.17) is 21.1 Å². The fourth-order valence-corrected chi connectivity index (χ4v) is 2.88. The SMILES string of the molecule is CCOC(=O)Cc1c(C(=O)OCC)c(-c2ccc(Cl)cc2)[nH]c(=O)c1NC(C)=O. The molecule has 2 N–H and O–H groups in total. The van der Waals surface area contributed by atoms with Crippen molar-refractivity contribution in [3.05, 3.63) is 50.8 Å². The topological polar surface area (TPSA) is 115 Å². The molecule has 9 heteroatoms. The highest BCUT2D eigenvalue weighted by molar-refractivity contribution is 6.30. The first-order valence-corrected chi connectivity index (χ1v) is 9.31. The minimum Gasteiger partial charge on any atom is -0.466 e. The van der Waals surface area contributed by atoms with Crippen molar-refractivity contribution in [1.29, 1.82) is 0 Å². The molecular weight excluding hydrogens is 400 g/mol. The number of ether oxygens (including phenoxy) is 2. The third kappa shape index (κ3) is 5.45. The molecule has 154 valence electrons. The van der Waals surface area contributed by atoms with Crippen LogP contribution in [0.25, 0.3) is 11.3 Å². The number of nitrogens with one attached hydrogen (secondary N) is 2. The fraction of sp³-hybridized carbons (Fsp3) is 0.300. The number of halogens is 1. The predicted octanol–water partition coefficient (Wildman–Crippen LogP) is 2.94. The highest BCUT2D eigenvalue weighted by Crippen LogP contribution is 2.29. The van der Waals surface area contributed by atoms with Crippen LogP contribution in [-0.2, 0) is 25.5 Å². The van der Waals surface area contributed by atoms with Gasteiger partial charge in [0.15, 0.2) is 0 Å².